The minimum Gasteiger partial charge on any atom is -0.378 e. The number of hydrogen-bond donors (Lipinski definition) is 1. The fourth-order valence-corrected chi connectivity index (χ4v) is 1.21. The zero-order chi connectivity index (χ0) is 11.2. The molecule has 0 radical (unpaired) electrons. The molecule has 9 heteroatoms. The Bertz CT molecular complexity index is 304. The summed E-state index contributed by atoms with van der Waals surface area (Å²) in [6.07, 6.45) is 0.894. The monoisotopic (exact) mass is 248 g/mol. The van der Waals surface area contributed by atoms with Gasteiger partial charge in [0, 0.05) is 0 Å². The molecular weight excluding hydrogens is 236 g/mol. The average molecular weight is 248 g/mol. The van der Waals surface area contributed by atoms with Crippen LogP contribution in [0.3, 0.4) is 0 Å². The van der Waals surface area contributed by atoms with E-state index < -0.39 is 26.0 Å². The Morgan fingerprint density at radius 2 is 1.64 bits per heavy atom. The van der Waals surface area contributed by atoms with E-state index in [0.29, 0.717) is 0 Å². The lowest BCUT2D eigenvalue weighted by Crippen LogP contribution is -2.14. The molecule has 0 bridgehead atoms. The molecule has 0 heterocycles. The minimum absolute atomic E-state index is 0.0530. The van der Waals surface area contributed by atoms with Gasteiger partial charge in [0.15, 0.2) is 0 Å². The maximum Gasteiger partial charge on any atom is 0.267 e. The summed E-state index contributed by atoms with van der Waals surface area (Å²) in [6.45, 7) is -0.432. The van der Waals surface area contributed by atoms with Crippen molar-refractivity contribution < 1.29 is 30.3 Å². The van der Waals surface area contributed by atoms with E-state index in [-0.39, 0.29) is 19.8 Å². The second-order valence-electron chi connectivity index (χ2n) is 2.42. The van der Waals surface area contributed by atoms with Gasteiger partial charge in [-0.3, -0.25) is 8.74 Å². The van der Waals surface area contributed by atoms with E-state index in [1.807, 2.05) is 0 Å². The lowest BCUT2D eigenvalue weighted by Gasteiger charge is -2.02. The second kappa shape index (κ2) is 5.61. The number of ether oxygens (including phenoxy) is 1. The van der Waals surface area contributed by atoms with E-state index >= 15 is 0 Å². The van der Waals surface area contributed by atoms with Gasteiger partial charge in [0.1, 0.15) is 0 Å². The van der Waals surface area contributed by atoms with Crippen LogP contribution in [0.15, 0.2) is 0 Å². The van der Waals surface area contributed by atoms with Crippen LogP contribution >= 0.6 is 0 Å². The van der Waals surface area contributed by atoms with Gasteiger partial charge in [-0.2, -0.15) is 16.8 Å². The molecule has 0 atom stereocenters. The highest BCUT2D eigenvalue weighted by atomic mass is 32.2. The van der Waals surface area contributed by atoms with Crippen molar-refractivity contribution in [1.29, 1.82) is 0 Å². The third-order valence-corrected chi connectivity index (χ3v) is 2.29. The van der Waals surface area contributed by atoms with Crippen molar-refractivity contribution in [2.24, 2.45) is 0 Å². The van der Waals surface area contributed by atoms with Crippen LogP contribution in [-0.4, -0.2) is 53.2 Å². The molecule has 0 rings (SSSR count). The van der Waals surface area contributed by atoms with Gasteiger partial charge >= 0.3 is 0 Å². The molecule has 0 amide bonds. The van der Waals surface area contributed by atoms with Crippen molar-refractivity contribution in [3.05, 3.63) is 0 Å². The lowest BCUT2D eigenvalue weighted by atomic mass is 10.7. The summed E-state index contributed by atoms with van der Waals surface area (Å²) in [4.78, 5) is 0. The van der Waals surface area contributed by atoms with E-state index in [0.717, 1.165) is 6.26 Å². The first-order chi connectivity index (χ1) is 6.21. The molecule has 1 N–H and O–H groups in total. The van der Waals surface area contributed by atoms with E-state index in [1.54, 1.807) is 0 Å². The molecule has 0 saturated heterocycles. The van der Waals surface area contributed by atoms with Crippen molar-refractivity contribution in [2.75, 3.05) is 31.8 Å². The van der Waals surface area contributed by atoms with E-state index in [1.165, 1.54) is 0 Å². The molecule has 0 aromatic heterocycles. The highest BCUT2D eigenvalue weighted by Crippen LogP contribution is 1.88. The molecule has 0 aliphatic rings. The summed E-state index contributed by atoms with van der Waals surface area (Å²) in [6, 6.07) is 0. The summed E-state index contributed by atoms with van der Waals surface area (Å²) >= 11 is 0. The number of hydrogen-bond acceptors (Lipinski definition) is 6. The highest BCUT2D eigenvalue weighted by molar-refractivity contribution is 7.86. The second-order valence-corrected chi connectivity index (χ2v) is 5.64. The largest absolute Gasteiger partial charge is 0.378 e. The van der Waals surface area contributed by atoms with Gasteiger partial charge in [-0.05, 0) is 0 Å². The zero-order valence-corrected chi connectivity index (χ0v) is 9.17. The van der Waals surface area contributed by atoms with Gasteiger partial charge < -0.3 is 4.74 Å². The van der Waals surface area contributed by atoms with Crippen LogP contribution in [0, 0.1) is 0 Å². The van der Waals surface area contributed by atoms with Gasteiger partial charge in [-0.1, -0.05) is 0 Å². The predicted octanol–water partition coefficient (Wildman–Crippen LogP) is -1.13. The summed E-state index contributed by atoms with van der Waals surface area (Å²) in [5.41, 5.74) is 0. The molecular formula is C5H12O7S2. The van der Waals surface area contributed by atoms with Gasteiger partial charge in [0.25, 0.3) is 20.2 Å². The van der Waals surface area contributed by atoms with Crippen molar-refractivity contribution in [3.8, 4) is 0 Å². The molecule has 0 saturated carbocycles. The Hall–Kier alpha value is -0.220. The van der Waals surface area contributed by atoms with Crippen molar-refractivity contribution in [2.45, 2.75) is 0 Å². The Morgan fingerprint density at radius 3 is 2.07 bits per heavy atom. The van der Waals surface area contributed by atoms with Crippen LogP contribution in [0.5, 0.6) is 0 Å². The fourth-order valence-electron chi connectivity index (χ4n) is 0.511. The molecule has 86 valence electrons. The molecule has 0 unspecified atom stereocenters. The van der Waals surface area contributed by atoms with Crippen LogP contribution in [0.1, 0.15) is 0 Å². The highest BCUT2D eigenvalue weighted by Gasteiger charge is 2.04. The molecule has 0 aromatic carbocycles. The summed E-state index contributed by atoms with van der Waals surface area (Å²) < 4.78 is 58.4. The Balaban J connectivity index is 3.41. The molecule has 7 nitrogen and oxygen atoms in total. The SMILES string of the molecule is CS(=O)(=O)OCCOCCS(=O)(=O)O. The molecule has 0 aromatic rings. The van der Waals surface area contributed by atoms with Gasteiger partial charge in [0.2, 0.25) is 0 Å². The average Bonchev–Trinajstić information content (AvgIpc) is 1.92. The van der Waals surface area contributed by atoms with E-state index in [4.69, 9.17) is 4.55 Å². The molecule has 0 aliphatic heterocycles. The Labute approximate surface area is 82.9 Å². The minimum atomic E-state index is -4.02. The Morgan fingerprint density at radius 1 is 1.07 bits per heavy atom. The summed E-state index contributed by atoms with van der Waals surface area (Å²) in [7, 11) is -7.51. The molecule has 0 fully saturated rings. The quantitative estimate of drug-likeness (QED) is 0.345. The van der Waals surface area contributed by atoms with E-state index in [2.05, 4.69) is 8.92 Å². The zero-order valence-electron chi connectivity index (χ0n) is 7.54. The summed E-state index contributed by atoms with van der Waals surface area (Å²) in [5, 5.41) is 0. The first-order valence-corrected chi connectivity index (χ1v) is 7.00. The van der Waals surface area contributed by atoms with E-state index in [9.17, 15) is 16.8 Å². The smallest absolute Gasteiger partial charge is 0.267 e. The third kappa shape index (κ3) is 11.8. The molecule has 0 spiro atoms. The van der Waals surface area contributed by atoms with Gasteiger partial charge in [-0.15, -0.1) is 0 Å². The van der Waals surface area contributed by atoms with Crippen molar-refractivity contribution in [1.82, 2.24) is 0 Å². The summed E-state index contributed by atoms with van der Waals surface area (Å²) in [5.74, 6) is -0.522. The van der Waals surface area contributed by atoms with Gasteiger partial charge in [-0.25, -0.2) is 0 Å². The van der Waals surface area contributed by atoms with Crippen LogP contribution in [0.25, 0.3) is 0 Å². The first-order valence-electron chi connectivity index (χ1n) is 3.58. The number of rotatable bonds is 7. The maximum absolute atomic E-state index is 10.4. The topological polar surface area (TPSA) is 107 Å². The lowest BCUT2D eigenvalue weighted by molar-refractivity contribution is 0.113. The van der Waals surface area contributed by atoms with Crippen molar-refractivity contribution >= 4 is 20.2 Å². The maximum atomic E-state index is 10.4. The van der Waals surface area contributed by atoms with Crippen LogP contribution < -0.4 is 0 Å². The standard InChI is InChI=1S/C5H12O7S2/c1-13(6,7)12-3-2-11-4-5-14(8,9)10/h2-5H2,1H3,(H,8,9,10). The Kier molecular flexibility index (Phi) is 5.52. The molecule has 0 aliphatic carbocycles. The third-order valence-electron chi connectivity index (χ3n) is 1.01. The predicted molar refractivity (Wildman–Crippen MR) is 48.0 cm³/mol. The fraction of sp³-hybridized carbons (Fsp3) is 1.00. The molecule has 14 heavy (non-hydrogen) atoms. The normalized spacial score (nSPS) is 13.0. The van der Waals surface area contributed by atoms with Crippen molar-refractivity contribution in [3.63, 3.8) is 0 Å². The first kappa shape index (κ1) is 13.8. The van der Waals surface area contributed by atoms with Gasteiger partial charge in [0.05, 0.1) is 31.8 Å². The van der Waals surface area contributed by atoms with Crippen LogP contribution in [0.4, 0.5) is 0 Å². The van der Waals surface area contributed by atoms with Crippen LogP contribution in [-0.2, 0) is 29.2 Å². The van der Waals surface area contributed by atoms with Crippen LogP contribution in [0.2, 0.25) is 0 Å².